The zero-order valence-corrected chi connectivity index (χ0v) is 11.1. The van der Waals surface area contributed by atoms with Crippen molar-refractivity contribution in [3.05, 3.63) is 18.2 Å². The fourth-order valence-corrected chi connectivity index (χ4v) is 2.72. The van der Waals surface area contributed by atoms with Crippen LogP contribution in [0.15, 0.2) is 12.4 Å². The SMILES string of the molecule is Cc1nccn1CCN1CCCCC1C(N)=S. The Labute approximate surface area is 108 Å². The van der Waals surface area contributed by atoms with Crippen LogP contribution in [0.1, 0.15) is 25.1 Å². The van der Waals surface area contributed by atoms with Crippen molar-refractivity contribution in [1.29, 1.82) is 0 Å². The van der Waals surface area contributed by atoms with Gasteiger partial charge in [0.05, 0.1) is 11.0 Å². The lowest BCUT2D eigenvalue weighted by Crippen LogP contribution is -2.47. The average Bonchev–Trinajstić information content (AvgIpc) is 2.72. The number of thiocarbonyl (C=S) groups is 1. The van der Waals surface area contributed by atoms with Crippen molar-refractivity contribution in [3.8, 4) is 0 Å². The molecule has 5 heteroatoms. The van der Waals surface area contributed by atoms with Crippen LogP contribution >= 0.6 is 12.2 Å². The lowest BCUT2D eigenvalue weighted by molar-refractivity contribution is 0.185. The Balaban J connectivity index is 1.92. The highest BCUT2D eigenvalue weighted by Gasteiger charge is 2.23. The van der Waals surface area contributed by atoms with Gasteiger partial charge < -0.3 is 10.3 Å². The summed E-state index contributed by atoms with van der Waals surface area (Å²) >= 11 is 5.15. The number of nitrogens with zero attached hydrogens (tertiary/aromatic N) is 3. The van der Waals surface area contributed by atoms with Gasteiger partial charge in [0.25, 0.3) is 0 Å². The van der Waals surface area contributed by atoms with E-state index in [4.69, 9.17) is 18.0 Å². The minimum Gasteiger partial charge on any atom is -0.392 e. The molecule has 1 aromatic heterocycles. The third-order valence-electron chi connectivity index (χ3n) is 3.49. The lowest BCUT2D eigenvalue weighted by Gasteiger charge is -2.35. The minimum atomic E-state index is 0.294. The molecule has 17 heavy (non-hydrogen) atoms. The smallest absolute Gasteiger partial charge is 0.105 e. The lowest BCUT2D eigenvalue weighted by atomic mass is 10.0. The Kier molecular flexibility index (Phi) is 4.12. The first kappa shape index (κ1) is 12.5. The zero-order chi connectivity index (χ0) is 12.3. The van der Waals surface area contributed by atoms with Crippen molar-refractivity contribution in [2.45, 2.75) is 38.8 Å². The second-order valence-electron chi connectivity index (χ2n) is 4.62. The summed E-state index contributed by atoms with van der Waals surface area (Å²) in [5, 5.41) is 0. The number of likely N-dealkylation sites (tertiary alicyclic amines) is 1. The molecule has 0 bridgehead atoms. The van der Waals surface area contributed by atoms with Crippen LogP contribution in [0.4, 0.5) is 0 Å². The van der Waals surface area contributed by atoms with Crippen LogP contribution in [0.3, 0.4) is 0 Å². The van der Waals surface area contributed by atoms with Crippen molar-refractivity contribution in [2.24, 2.45) is 5.73 Å². The highest BCUT2D eigenvalue weighted by molar-refractivity contribution is 7.80. The number of hydrogen-bond acceptors (Lipinski definition) is 3. The van der Waals surface area contributed by atoms with Crippen LogP contribution in [0, 0.1) is 6.92 Å². The molecule has 2 heterocycles. The van der Waals surface area contributed by atoms with E-state index in [1.165, 1.54) is 12.8 Å². The molecule has 1 atom stereocenters. The largest absolute Gasteiger partial charge is 0.392 e. The van der Waals surface area contributed by atoms with Crippen LogP contribution in [0.5, 0.6) is 0 Å². The molecule has 1 aliphatic rings. The molecule has 0 saturated carbocycles. The molecule has 0 spiro atoms. The summed E-state index contributed by atoms with van der Waals surface area (Å²) in [7, 11) is 0. The molecule has 2 N–H and O–H groups in total. The molecule has 94 valence electrons. The first-order valence-electron chi connectivity index (χ1n) is 6.19. The van der Waals surface area contributed by atoms with Gasteiger partial charge in [-0.1, -0.05) is 18.6 Å². The van der Waals surface area contributed by atoms with E-state index in [-0.39, 0.29) is 0 Å². The zero-order valence-electron chi connectivity index (χ0n) is 10.3. The fraction of sp³-hybridized carbons (Fsp3) is 0.667. The van der Waals surface area contributed by atoms with Gasteiger partial charge in [0.15, 0.2) is 0 Å². The molecule has 0 amide bonds. The number of piperidine rings is 1. The third-order valence-corrected chi connectivity index (χ3v) is 3.77. The molecule has 1 aromatic rings. The molecule has 1 saturated heterocycles. The van der Waals surface area contributed by atoms with Crippen molar-refractivity contribution >= 4 is 17.2 Å². The monoisotopic (exact) mass is 252 g/mol. The second-order valence-corrected chi connectivity index (χ2v) is 5.09. The fourth-order valence-electron chi connectivity index (χ4n) is 2.46. The van der Waals surface area contributed by atoms with Crippen LogP contribution in [0.25, 0.3) is 0 Å². The molecular formula is C12H20N4S. The molecule has 0 radical (unpaired) electrons. The summed E-state index contributed by atoms with van der Waals surface area (Å²) in [6, 6.07) is 0.294. The number of aromatic nitrogens is 2. The summed E-state index contributed by atoms with van der Waals surface area (Å²) in [4.78, 5) is 7.28. The maximum absolute atomic E-state index is 5.81. The van der Waals surface area contributed by atoms with Gasteiger partial charge in [0.2, 0.25) is 0 Å². The topological polar surface area (TPSA) is 47.1 Å². The summed E-state index contributed by atoms with van der Waals surface area (Å²) in [6.07, 6.45) is 7.47. The molecule has 0 aromatic carbocycles. The maximum Gasteiger partial charge on any atom is 0.105 e. The minimum absolute atomic E-state index is 0.294. The van der Waals surface area contributed by atoms with Crippen LogP contribution in [-0.2, 0) is 6.54 Å². The van der Waals surface area contributed by atoms with Crippen LogP contribution < -0.4 is 5.73 Å². The summed E-state index contributed by atoms with van der Waals surface area (Å²) in [5.74, 6) is 1.06. The Bertz CT molecular complexity index is 388. The van der Waals surface area contributed by atoms with Crippen LogP contribution in [-0.4, -0.2) is 38.6 Å². The van der Waals surface area contributed by atoms with Gasteiger partial charge >= 0.3 is 0 Å². The highest BCUT2D eigenvalue weighted by Crippen LogP contribution is 2.17. The predicted molar refractivity (Wildman–Crippen MR) is 73.0 cm³/mol. The molecule has 2 rings (SSSR count). The molecule has 1 aliphatic heterocycles. The molecule has 1 unspecified atom stereocenters. The summed E-state index contributed by atoms with van der Waals surface area (Å²) in [6.45, 7) is 5.10. The van der Waals surface area contributed by atoms with E-state index in [1.54, 1.807) is 0 Å². The number of imidazole rings is 1. The van der Waals surface area contributed by atoms with E-state index in [0.717, 1.165) is 31.9 Å². The van der Waals surface area contributed by atoms with E-state index in [1.807, 2.05) is 19.3 Å². The van der Waals surface area contributed by atoms with E-state index in [0.29, 0.717) is 11.0 Å². The van der Waals surface area contributed by atoms with Gasteiger partial charge in [-0.05, 0) is 26.3 Å². The normalized spacial score (nSPS) is 21.6. The predicted octanol–water partition coefficient (Wildman–Crippen LogP) is 1.33. The quantitative estimate of drug-likeness (QED) is 0.821. The maximum atomic E-state index is 5.81. The van der Waals surface area contributed by atoms with Gasteiger partial charge in [-0.3, -0.25) is 4.90 Å². The van der Waals surface area contributed by atoms with E-state index >= 15 is 0 Å². The summed E-state index contributed by atoms with van der Waals surface area (Å²) in [5.41, 5.74) is 5.81. The van der Waals surface area contributed by atoms with Crippen molar-refractivity contribution in [2.75, 3.05) is 13.1 Å². The van der Waals surface area contributed by atoms with Gasteiger partial charge in [-0.2, -0.15) is 0 Å². The third kappa shape index (κ3) is 3.04. The van der Waals surface area contributed by atoms with E-state index < -0.39 is 0 Å². The number of hydrogen-bond donors (Lipinski definition) is 1. The Morgan fingerprint density at radius 3 is 3.00 bits per heavy atom. The van der Waals surface area contributed by atoms with E-state index in [9.17, 15) is 0 Å². The van der Waals surface area contributed by atoms with Gasteiger partial charge in [0, 0.05) is 25.5 Å². The number of aryl methyl sites for hydroxylation is 1. The highest BCUT2D eigenvalue weighted by atomic mass is 32.1. The first-order chi connectivity index (χ1) is 8.18. The second kappa shape index (κ2) is 5.60. The van der Waals surface area contributed by atoms with Crippen molar-refractivity contribution in [1.82, 2.24) is 14.5 Å². The first-order valence-corrected chi connectivity index (χ1v) is 6.60. The average molecular weight is 252 g/mol. The standard InChI is InChI=1S/C12H20N4S/c1-10-14-5-7-15(10)8-9-16-6-3-2-4-11(16)12(13)17/h5,7,11H,2-4,6,8-9H2,1H3,(H2,13,17). The molecule has 1 fully saturated rings. The molecular weight excluding hydrogens is 232 g/mol. The Morgan fingerprint density at radius 1 is 1.53 bits per heavy atom. The summed E-state index contributed by atoms with van der Waals surface area (Å²) < 4.78 is 2.17. The number of rotatable bonds is 4. The van der Waals surface area contributed by atoms with Gasteiger partial charge in [0.1, 0.15) is 5.82 Å². The van der Waals surface area contributed by atoms with Crippen LogP contribution in [0.2, 0.25) is 0 Å². The van der Waals surface area contributed by atoms with Gasteiger partial charge in [-0.15, -0.1) is 0 Å². The molecule has 0 aliphatic carbocycles. The van der Waals surface area contributed by atoms with E-state index in [2.05, 4.69) is 14.5 Å². The number of nitrogens with two attached hydrogens (primary N) is 1. The molecule has 4 nitrogen and oxygen atoms in total. The van der Waals surface area contributed by atoms with Gasteiger partial charge in [-0.25, -0.2) is 4.98 Å². The Morgan fingerprint density at radius 2 is 2.35 bits per heavy atom. The van der Waals surface area contributed by atoms with Crippen molar-refractivity contribution in [3.63, 3.8) is 0 Å². The van der Waals surface area contributed by atoms with Crippen molar-refractivity contribution < 1.29 is 0 Å². The Hall–Kier alpha value is -0.940.